The number of carbonyl (C=O) groups is 1. The molecule has 0 bridgehead atoms. The maximum atomic E-state index is 12.1. The molecule has 0 saturated heterocycles. The number of hydrogen-bond acceptors (Lipinski definition) is 4. The van der Waals surface area contributed by atoms with Crippen LogP contribution in [-0.2, 0) is 14.8 Å². The van der Waals surface area contributed by atoms with Crippen molar-refractivity contribution in [2.24, 2.45) is 0 Å². The van der Waals surface area contributed by atoms with E-state index in [0.29, 0.717) is 17.1 Å². The molecule has 0 aliphatic rings. The van der Waals surface area contributed by atoms with Gasteiger partial charge in [-0.3, -0.25) is 9.10 Å². The second kappa shape index (κ2) is 7.83. The van der Waals surface area contributed by atoms with Crippen molar-refractivity contribution in [1.82, 2.24) is 0 Å². The molecule has 0 saturated carbocycles. The second-order valence-electron chi connectivity index (χ2n) is 5.17. The Bertz CT molecular complexity index is 791. The molecule has 1 N–H and O–H groups in total. The summed E-state index contributed by atoms with van der Waals surface area (Å²) < 4.78 is 30.6. The Morgan fingerprint density at radius 1 is 1.08 bits per heavy atom. The van der Waals surface area contributed by atoms with Gasteiger partial charge in [-0.25, -0.2) is 8.42 Å². The largest absolute Gasteiger partial charge is 0.495 e. The number of sulfonamides is 1. The highest BCUT2D eigenvalue weighted by Gasteiger charge is 2.21. The van der Waals surface area contributed by atoms with Gasteiger partial charge in [0, 0.05) is 18.7 Å². The number of nitrogens with zero attached hydrogens (tertiary/aromatic N) is 1. The fraction of sp³-hybridized carbons (Fsp3) is 0.235. The summed E-state index contributed by atoms with van der Waals surface area (Å²) in [5.74, 6) is 0.177. The van der Waals surface area contributed by atoms with Gasteiger partial charge >= 0.3 is 0 Å². The molecule has 7 heteroatoms. The van der Waals surface area contributed by atoms with Gasteiger partial charge in [-0.2, -0.15) is 0 Å². The standard InChI is InChI=1S/C17H20N2O4S/c1-23-16-11-7-6-10-15(16)19(24(2,21)22)13-12-17(20)18-14-8-4-3-5-9-14/h3-11H,12-13H2,1-2H3,(H,18,20). The number of para-hydroxylation sites is 3. The highest BCUT2D eigenvalue weighted by Crippen LogP contribution is 2.29. The van der Waals surface area contributed by atoms with E-state index in [1.807, 2.05) is 18.2 Å². The van der Waals surface area contributed by atoms with E-state index in [4.69, 9.17) is 4.74 Å². The van der Waals surface area contributed by atoms with Crippen molar-refractivity contribution in [3.63, 3.8) is 0 Å². The number of benzene rings is 2. The Hall–Kier alpha value is -2.54. The Labute approximate surface area is 142 Å². The van der Waals surface area contributed by atoms with Crippen LogP contribution in [0.3, 0.4) is 0 Å². The van der Waals surface area contributed by atoms with Crippen LogP contribution in [0.25, 0.3) is 0 Å². The zero-order valence-corrected chi connectivity index (χ0v) is 14.4. The summed E-state index contributed by atoms with van der Waals surface area (Å²) >= 11 is 0. The average Bonchev–Trinajstić information content (AvgIpc) is 2.55. The van der Waals surface area contributed by atoms with Gasteiger partial charge in [-0.1, -0.05) is 30.3 Å². The Kier molecular flexibility index (Phi) is 5.81. The summed E-state index contributed by atoms with van der Waals surface area (Å²) in [6.07, 6.45) is 1.13. The van der Waals surface area contributed by atoms with Crippen LogP contribution in [0.5, 0.6) is 5.75 Å². The van der Waals surface area contributed by atoms with E-state index in [1.165, 1.54) is 11.4 Å². The number of carbonyl (C=O) groups excluding carboxylic acids is 1. The molecule has 2 aromatic carbocycles. The summed E-state index contributed by atoms with van der Waals surface area (Å²) in [5.41, 5.74) is 1.08. The molecule has 0 unspecified atom stereocenters. The van der Waals surface area contributed by atoms with Gasteiger partial charge in [0.25, 0.3) is 0 Å². The van der Waals surface area contributed by atoms with Crippen LogP contribution >= 0.6 is 0 Å². The fourth-order valence-corrected chi connectivity index (χ4v) is 3.18. The lowest BCUT2D eigenvalue weighted by atomic mass is 10.2. The van der Waals surface area contributed by atoms with Crippen molar-refractivity contribution in [2.45, 2.75) is 6.42 Å². The monoisotopic (exact) mass is 348 g/mol. The Morgan fingerprint density at radius 2 is 1.71 bits per heavy atom. The third-order valence-corrected chi connectivity index (χ3v) is 4.53. The quantitative estimate of drug-likeness (QED) is 0.834. The smallest absolute Gasteiger partial charge is 0.232 e. The molecule has 24 heavy (non-hydrogen) atoms. The Morgan fingerprint density at radius 3 is 2.33 bits per heavy atom. The van der Waals surface area contributed by atoms with Gasteiger partial charge in [0.1, 0.15) is 5.75 Å². The summed E-state index contributed by atoms with van der Waals surface area (Å²) in [6.45, 7) is 0.0257. The zero-order valence-electron chi connectivity index (χ0n) is 13.6. The molecule has 0 atom stereocenters. The highest BCUT2D eigenvalue weighted by molar-refractivity contribution is 7.92. The van der Waals surface area contributed by atoms with Gasteiger partial charge in [0.15, 0.2) is 0 Å². The average molecular weight is 348 g/mol. The van der Waals surface area contributed by atoms with Crippen LogP contribution in [-0.4, -0.2) is 34.2 Å². The van der Waals surface area contributed by atoms with Gasteiger partial charge in [0.2, 0.25) is 15.9 Å². The molecule has 0 spiro atoms. The van der Waals surface area contributed by atoms with E-state index in [1.54, 1.807) is 36.4 Å². The molecule has 0 aliphatic carbocycles. The summed E-state index contributed by atoms with van der Waals surface area (Å²) in [6, 6.07) is 15.8. The first-order valence-electron chi connectivity index (χ1n) is 7.37. The SMILES string of the molecule is COc1ccccc1N(CCC(=O)Nc1ccccc1)S(C)(=O)=O. The molecule has 0 fully saturated rings. The zero-order chi connectivity index (χ0) is 17.6. The molecule has 1 amide bonds. The molecular formula is C17H20N2O4S. The summed E-state index contributed by atoms with van der Waals surface area (Å²) in [5, 5.41) is 2.74. The number of ether oxygens (including phenoxy) is 1. The lowest BCUT2D eigenvalue weighted by Gasteiger charge is -2.24. The first-order valence-corrected chi connectivity index (χ1v) is 9.22. The molecule has 0 heterocycles. The van der Waals surface area contributed by atoms with Crippen molar-refractivity contribution >= 4 is 27.3 Å². The number of methoxy groups -OCH3 is 1. The third kappa shape index (κ3) is 4.73. The summed E-state index contributed by atoms with van der Waals surface area (Å²) in [7, 11) is -2.07. The first kappa shape index (κ1) is 17.8. The van der Waals surface area contributed by atoms with Gasteiger partial charge in [0.05, 0.1) is 19.1 Å². The Balaban J connectivity index is 2.12. The van der Waals surface area contributed by atoms with Crippen molar-refractivity contribution in [3.8, 4) is 5.75 Å². The minimum absolute atomic E-state index is 0.0257. The van der Waals surface area contributed by atoms with E-state index in [0.717, 1.165) is 6.26 Å². The number of amides is 1. The van der Waals surface area contributed by atoms with E-state index in [9.17, 15) is 13.2 Å². The predicted octanol–water partition coefficient (Wildman–Crippen LogP) is 2.49. The molecule has 2 aromatic rings. The third-order valence-electron chi connectivity index (χ3n) is 3.35. The maximum absolute atomic E-state index is 12.1. The topological polar surface area (TPSA) is 75.7 Å². The van der Waals surface area contributed by atoms with Crippen LogP contribution in [0.1, 0.15) is 6.42 Å². The molecule has 6 nitrogen and oxygen atoms in total. The highest BCUT2D eigenvalue weighted by atomic mass is 32.2. The van der Waals surface area contributed by atoms with Crippen LogP contribution in [0, 0.1) is 0 Å². The lowest BCUT2D eigenvalue weighted by molar-refractivity contribution is -0.116. The fourth-order valence-electron chi connectivity index (χ4n) is 2.25. The van der Waals surface area contributed by atoms with Crippen LogP contribution in [0.15, 0.2) is 54.6 Å². The summed E-state index contributed by atoms with van der Waals surface area (Å²) in [4.78, 5) is 12.1. The van der Waals surface area contributed by atoms with Crippen molar-refractivity contribution in [1.29, 1.82) is 0 Å². The van der Waals surface area contributed by atoms with E-state index < -0.39 is 10.0 Å². The van der Waals surface area contributed by atoms with Gasteiger partial charge in [-0.15, -0.1) is 0 Å². The predicted molar refractivity (Wildman–Crippen MR) is 94.9 cm³/mol. The molecule has 2 rings (SSSR count). The number of hydrogen-bond donors (Lipinski definition) is 1. The lowest BCUT2D eigenvalue weighted by Crippen LogP contribution is -2.33. The number of nitrogens with one attached hydrogen (secondary N) is 1. The van der Waals surface area contributed by atoms with Crippen LogP contribution in [0.4, 0.5) is 11.4 Å². The van der Waals surface area contributed by atoms with Crippen LogP contribution < -0.4 is 14.4 Å². The minimum Gasteiger partial charge on any atom is -0.495 e. The molecule has 0 radical (unpaired) electrons. The van der Waals surface area contributed by atoms with Crippen molar-refractivity contribution < 1.29 is 17.9 Å². The molecule has 0 aliphatic heterocycles. The van der Waals surface area contributed by atoms with Gasteiger partial charge < -0.3 is 10.1 Å². The van der Waals surface area contributed by atoms with Crippen molar-refractivity contribution in [3.05, 3.63) is 54.6 Å². The van der Waals surface area contributed by atoms with Crippen molar-refractivity contribution in [2.75, 3.05) is 29.5 Å². The molecule has 0 aromatic heterocycles. The van der Waals surface area contributed by atoms with E-state index in [-0.39, 0.29) is 18.9 Å². The molecular weight excluding hydrogens is 328 g/mol. The minimum atomic E-state index is -3.55. The second-order valence-corrected chi connectivity index (χ2v) is 7.08. The van der Waals surface area contributed by atoms with E-state index in [2.05, 4.69) is 5.32 Å². The normalized spacial score (nSPS) is 10.9. The van der Waals surface area contributed by atoms with Gasteiger partial charge in [-0.05, 0) is 24.3 Å². The first-order chi connectivity index (χ1) is 11.4. The van der Waals surface area contributed by atoms with E-state index >= 15 is 0 Å². The molecule has 128 valence electrons. The number of rotatable bonds is 7. The van der Waals surface area contributed by atoms with Crippen LogP contribution in [0.2, 0.25) is 0 Å². The number of anilines is 2. The maximum Gasteiger partial charge on any atom is 0.232 e.